The molecule has 0 aliphatic rings. The van der Waals surface area contributed by atoms with Gasteiger partial charge in [0, 0.05) is 30.1 Å². The lowest BCUT2D eigenvalue weighted by atomic mass is 10.0. The number of para-hydroxylation sites is 1. The number of aromatic amines is 1. The smallest absolute Gasteiger partial charge is 0.326 e. The molecule has 15 nitrogen and oxygen atoms in total. The second-order valence-corrected chi connectivity index (χ2v) is 10.2. The number of phenols is 1. The molecule has 0 bridgehead atoms. The normalized spacial score (nSPS) is 13.7. The number of carbonyl (C=O) groups is 4. The number of fused-ring (bicyclic) bond motifs is 1. The van der Waals surface area contributed by atoms with E-state index < -0.39 is 54.5 Å². The molecular weight excluding hydrogens is 572 g/mol. The average Bonchev–Trinajstić information content (AvgIpc) is 3.40. The van der Waals surface area contributed by atoms with E-state index in [4.69, 9.17) is 17.2 Å². The standard InChI is InChI=1S/C29H38N8O7/c30-20(13-17-14-34-21-5-2-1-4-19(17)21)25(40)35-22(6-3-11-33-29(31)32)26(41)37-24(15-38)27(42)36-23(28(43)44)12-16-7-9-18(39)10-8-16/h1-2,4-5,7-10,14,20,22-24,34,38-39H,3,6,11-13,15,30H2,(H,35,40)(H,36,42)(H,37,41)(H,43,44)(H4,31,32,33). The van der Waals surface area contributed by atoms with Crippen LogP contribution in [-0.2, 0) is 32.0 Å². The van der Waals surface area contributed by atoms with Gasteiger partial charge < -0.3 is 53.5 Å². The molecule has 0 spiro atoms. The fourth-order valence-corrected chi connectivity index (χ4v) is 4.49. The van der Waals surface area contributed by atoms with Crippen LogP contribution in [0.3, 0.4) is 0 Å². The molecule has 0 fully saturated rings. The lowest BCUT2D eigenvalue weighted by molar-refractivity contribution is -0.142. The largest absolute Gasteiger partial charge is 0.508 e. The first-order valence-corrected chi connectivity index (χ1v) is 13.9. The number of rotatable bonds is 16. The number of guanidine groups is 1. The van der Waals surface area contributed by atoms with Gasteiger partial charge in [-0.1, -0.05) is 30.3 Å². The monoisotopic (exact) mass is 610 g/mol. The van der Waals surface area contributed by atoms with Crippen molar-refractivity contribution < 1.29 is 34.5 Å². The highest BCUT2D eigenvalue weighted by molar-refractivity contribution is 5.94. The van der Waals surface area contributed by atoms with Gasteiger partial charge in [0.15, 0.2) is 5.96 Å². The van der Waals surface area contributed by atoms with E-state index in [1.807, 2.05) is 24.3 Å². The Kier molecular flexibility index (Phi) is 12.1. The van der Waals surface area contributed by atoms with Crippen LogP contribution in [0.1, 0.15) is 24.0 Å². The molecule has 0 aliphatic carbocycles. The molecule has 4 unspecified atom stereocenters. The molecule has 0 radical (unpaired) electrons. The Morgan fingerprint density at radius 2 is 1.50 bits per heavy atom. The van der Waals surface area contributed by atoms with Crippen LogP contribution in [0.4, 0.5) is 0 Å². The number of carbonyl (C=O) groups excluding carboxylic acids is 3. The predicted octanol–water partition coefficient (Wildman–Crippen LogP) is -1.43. The van der Waals surface area contributed by atoms with Gasteiger partial charge in [0.25, 0.3) is 0 Å². The Morgan fingerprint density at radius 3 is 2.16 bits per heavy atom. The summed E-state index contributed by atoms with van der Waals surface area (Å²) in [5.41, 5.74) is 19.1. The van der Waals surface area contributed by atoms with E-state index in [0.29, 0.717) is 5.56 Å². The number of hydrogen-bond donors (Lipinski definition) is 10. The van der Waals surface area contributed by atoms with Gasteiger partial charge in [0.05, 0.1) is 12.6 Å². The van der Waals surface area contributed by atoms with Crippen LogP contribution >= 0.6 is 0 Å². The Balaban J connectivity index is 1.67. The van der Waals surface area contributed by atoms with Crippen molar-refractivity contribution in [3.8, 4) is 5.75 Å². The van der Waals surface area contributed by atoms with Crippen LogP contribution in [0.15, 0.2) is 59.7 Å². The third-order valence-corrected chi connectivity index (χ3v) is 6.84. The predicted molar refractivity (Wildman–Crippen MR) is 162 cm³/mol. The number of carboxylic acids is 1. The molecule has 15 heteroatoms. The molecule has 1 heterocycles. The Labute approximate surface area is 252 Å². The van der Waals surface area contributed by atoms with Crippen molar-refractivity contribution in [2.75, 3.05) is 13.2 Å². The number of amides is 3. The van der Waals surface area contributed by atoms with Gasteiger partial charge in [-0.3, -0.25) is 19.4 Å². The van der Waals surface area contributed by atoms with E-state index in [0.717, 1.165) is 16.5 Å². The minimum absolute atomic E-state index is 0.00779. The maximum Gasteiger partial charge on any atom is 0.326 e. The zero-order chi connectivity index (χ0) is 32.2. The summed E-state index contributed by atoms with van der Waals surface area (Å²) >= 11 is 0. The van der Waals surface area contributed by atoms with E-state index in [1.165, 1.54) is 24.3 Å². The number of H-pyrrole nitrogens is 1. The number of aliphatic hydroxyl groups excluding tert-OH is 1. The van der Waals surface area contributed by atoms with Crippen molar-refractivity contribution in [2.45, 2.75) is 49.9 Å². The summed E-state index contributed by atoms with van der Waals surface area (Å²) in [7, 11) is 0. The first kappa shape index (κ1) is 33.4. The van der Waals surface area contributed by atoms with Crippen LogP contribution in [0.2, 0.25) is 0 Å². The highest BCUT2D eigenvalue weighted by Gasteiger charge is 2.30. The van der Waals surface area contributed by atoms with Crippen molar-refractivity contribution in [2.24, 2.45) is 22.2 Å². The van der Waals surface area contributed by atoms with Crippen molar-refractivity contribution in [1.29, 1.82) is 0 Å². The number of nitrogens with zero attached hydrogens (tertiary/aromatic N) is 1. The van der Waals surface area contributed by atoms with Gasteiger partial charge in [0.2, 0.25) is 17.7 Å². The number of aliphatic imine (C=N–C) groups is 1. The van der Waals surface area contributed by atoms with Gasteiger partial charge in [0.1, 0.15) is 23.9 Å². The van der Waals surface area contributed by atoms with E-state index >= 15 is 0 Å². The number of nitrogens with one attached hydrogen (secondary N) is 4. The highest BCUT2D eigenvalue weighted by Crippen LogP contribution is 2.19. The van der Waals surface area contributed by atoms with Gasteiger partial charge in [-0.05, 0) is 48.6 Å². The molecule has 3 aromatic rings. The van der Waals surface area contributed by atoms with E-state index in [-0.39, 0.29) is 43.9 Å². The Morgan fingerprint density at radius 1 is 0.864 bits per heavy atom. The lowest BCUT2D eigenvalue weighted by Crippen LogP contribution is -2.58. The van der Waals surface area contributed by atoms with E-state index in [2.05, 4.69) is 25.9 Å². The number of hydrogen-bond acceptors (Lipinski definition) is 8. The lowest BCUT2D eigenvalue weighted by Gasteiger charge is -2.24. The number of aliphatic carboxylic acids is 1. The summed E-state index contributed by atoms with van der Waals surface area (Å²) in [4.78, 5) is 58.0. The van der Waals surface area contributed by atoms with Crippen LogP contribution in [0.25, 0.3) is 10.9 Å². The summed E-state index contributed by atoms with van der Waals surface area (Å²) < 4.78 is 0. The summed E-state index contributed by atoms with van der Waals surface area (Å²) in [5.74, 6) is -3.87. The average molecular weight is 611 g/mol. The topological polar surface area (TPSA) is 271 Å². The van der Waals surface area contributed by atoms with Crippen LogP contribution < -0.4 is 33.2 Å². The summed E-state index contributed by atoms with van der Waals surface area (Å²) in [5, 5.41) is 37.1. The van der Waals surface area contributed by atoms with Crippen molar-refractivity contribution >= 4 is 40.6 Å². The molecule has 1 aromatic heterocycles. The molecule has 0 saturated heterocycles. The first-order valence-electron chi connectivity index (χ1n) is 13.9. The number of phenolic OH excluding ortho intramolecular Hbond substituents is 1. The number of aliphatic hydroxyl groups is 1. The number of nitrogens with two attached hydrogens (primary N) is 3. The minimum Gasteiger partial charge on any atom is -0.508 e. The van der Waals surface area contributed by atoms with Gasteiger partial charge in [-0.25, -0.2) is 4.79 Å². The third kappa shape index (κ3) is 9.71. The number of aromatic hydroxyl groups is 1. The Bertz CT molecular complexity index is 1470. The van der Waals surface area contributed by atoms with Crippen molar-refractivity contribution in [1.82, 2.24) is 20.9 Å². The summed E-state index contributed by atoms with van der Waals surface area (Å²) in [6, 6.07) is 8.16. The Hall–Kier alpha value is -5.15. The second-order valence-electron chi connectivity index (χ2n) is 10.2. The fourth-order valence-electron chi connectivity index (χ4n) is 4.49. The van der Waals surface area contributed by atoms with Crippen LogP contribution in [0.5, 0.6) is 5.75 Å². The third-order valence-electron chi connectivity index (χ3n) is 6.84. The molecule has 0 saturated carbocycles. The molecule has 0 aliphatic heterocycles. The number of aromatic nitrogens is 1. The van der Waals surface area contributed by atoms with E-state index in [1.54, 1.807) is 6.20 Å². The van der Waals surface area contributed by atoms with Gasteiger partial charge in [-0.15, -0.1) is 0 Å². The van der Waals surface area contributed by atoms with Gasteiger partial charge >= 0.3 is 5.97 Å². The van der Waals surface area contributed by atoms with Crippen LogP contribution in [0, 0.1) is 0 Å². The number of benzene rings is 2. The maximum absolute atomic E-state index is 13.2. The van der Waals surface area contributed by atoms with Crippen molar-refractivity contribution in [3.05, 3.63) is 65.9 Å². The SMILES string of the molecule is NC(N)=NCCCC(NC(=O)C(N)Cc1c[nH]c2ccccc12)C(=O)NC(CO)C(=O)NC(Cc1ccc(O)cc1)C(=O)O. The molecule has 13 N–H and O–H groups in total. The molecule has 2 aromatic carbocycles. The quantitative estimate of drug-likeness (QED) is 0.0513. The highest BCUT2D eigenvalue weighted by atomic mass is 16.4. The zero-order valence-electron chi connectivity index (χ0n) is 23.9. The molecule has 44 heavy (non-hydrogen) atoms. The van der Waals surface area contributed by atoms with Crippen LogP contribution in [-0.4, -0.2) is 87.3 Å². The first-order chi connectivity index (χ1) is 21.0. The molecule has 3 rings (SSSR count). The minimum atomic E-state index is -1.53. The molecule has 3 amide bonds. The zero-order valence-corrected chi connectivity index (χ0v) is 23.9. The molecular formula is C29H38N8O7. The molecule has 4 atom stereocenters. The number of carboxylic acid groups (broad SMARTS) is 1. The van der Waals surface area contributed by atoms with Gasteiger partial charge in [-0.2, -0.15) is 0 Å². The fraction of sp³-hybridized carbons (Fsp3) is 0.345. The summed E-state index contributed by atoms with van der Waals surface area (Å²) in [6.45, 7) is -0.692. The maximum atomic E-state index is 13.2. The second kappa shape index (κ2) is 15.9. The molecule has 236 valence electrons. The summed E-state index contributed by atoms with van der Waals surface area (Å²) in [6.07, 6.45) is 2.15. The van der Waals surface area contributed by atoms with Crippen molar-refractivity contribution in [3.63, 3.8) is 0 Å². The van der Waals surface area contributed by atoms with E-state index in [9.17, 15) is 34.5 Å².